The first-order valence-electron chi connectivity index (χ1n) is 5.82. The van der Waals surface area contributed by atoms with E-state index in [0.29, 0.717) is 0 Å². The molecule has 18 heavy (non-hydrogen) atoms. The molecule has 0 amide bonds. The van der Waals surface area contributed by atoms with Crippen LogP contribution in [0.5, 0.6) is 0 Å². The summed E-state index contributed by atoms with van der Waals surface area (Å²) in [7, 11) is 0. The molecule has 1 atom stereocenters. The highest BCUT2D eigenvalue weighted by Crippen LogP contribution is 2.23. The first-order chi connectivity index (χ1) is 8.66. The predicted molar refractivity (Wildman–Crippen MR) is 72.7 cm³/mol. The average molecular weight is 312 g/mol. The van der Waals surface area contributed by atoms with Crippen LogP contribution in [-0.2, 0) is 6.54 Å². The summed E-state index contributed by atoms with van der Waals surface area (Å²) in [4.78, 5) is 0. The molecule has 1 aromatic carbocycles. The monoisotopic (exact) mass is 311 g/mol. The molecule has 2 aromatic rings. The van der Waals surface area contributed by atoms with E-state index in [1.807, 2.05) is 16.9 Å². The van der Waals surface area contributed by atoms with E-state index in [2.05, 4.69) is 33.3 Å². The second kappa shape index (κ2) is 6.11. The predicted octanol–water partition coefficient (Wildman–Crippen LogP) is 3.14. The van der Waals surface area contributed by atoms with Crippen LogP contribution in [0.1, 0.15) is 18.5 Å². The van der Waals surface area contributed by atoms with Crippen molar-refractivity contribution in [2.24, 2.45) is 0 Å². The van der Waals surface area contributed by atoms with Gasteiger partial charge in [0.1, 0.15) is 5.82 Å². The van der Waals surface area contributed by atoms with E-state index in [1.54, 1.807) is 12.3 Å². The number of halogens is 2. The Morgan fingerprint density at radius 3 is 3.00 bits per heavy atom. The van der Waals surface area contributed by atoms with Crippen molar-refractivity contribution in [3.63, 3.8) is 0 Å². The number of nitrogens with zero attached hydrogens (tertiary/aromatic N) is 2. The Morgan fingerprint density at radius 1 is 1.50 bits per heavy atom. The largest absolute Gasteiger partial charge is 0.308 e. The van der Waals surface area contributed by atoms with Gasteiger partial charge in [-0.3, -0.25) is 4.68 Å². The summed E-state index contributed by atoms with van der Waals surface area (Å²) >= 11 is 3.38. The fourth-order valence-electron chi connectivity index (χ4n) is 1.79. The molecule has 0 radical (unpaired) electrons. The standard InChI is InChI=1S/C13H15BrFN3/c1-10(12-4-3-11(15)9-13(12)14)16-6-8-18-7-2-5-17-18/h2-5,7,9-10,16H,6,8H2,1H3. The van der Waals surface area contributed by atoms with Crippen molar-refractivity contribution in [2.45, 2.75) is 19.5 Å². The van der Waals surface area contributed by atoms with Gasteiger partial charge in [-0.1, -0.05) is 22.0 Å². The molecule has 2 rings (SSSR count). The summed E-state index contributed by atoms with van der Waals surface area (Å²) in [6, 6.07) is 6.83. The highest BCUT2D eigenvalue weighted by Gasteiger charge is 2.09. The lowest BCUT2D eigenvalue weighted by Crippen LogP contribution is -2.23. The molecular formula is C13H15BrFN3. The molecular weight excluding hydrogens is 297 g/mol. The minimum atomic E-state index is -0.227. The zero-order valence-corrected chi connectivity index (χ0v) is 11.7. The number of hydrogen-bond acceptors (Lipinski definition) is 2. The van der Waals surface area contributed by atoms with Crippen LogP contribution < -0.4 is 5.32 Å². The van der Waals surface area contributed by atoms with Crippen LogP contribution in [0.2, 0.25) is 0 Å². The third-order valence-corrected chi connectivity index (χ3v) is 3.47. The molecule has 0 bridgehead atoms. The molecule has 0 saturated heterocycles. The van der Waals surface area contributed by atoms with Crippen molar-refractivity contribution in [3.05, 3.63) is 52.5 Å². The summed E-state index contributed by atoms with van der Waals surface area (Å²) in [5, 5.41) is 7.52. The summed E-state index contributed by atoms with van der Waals surface area (Å²) in [6.45, 7) is 3.68. The van der Waals surface area contributed by atoms with Crippen molar-refractivity contribution in [2.75, 3.05) is 6.54 Å². The zero-order valence-electron chi connectivity index (χ0n) is 10.1. The van der Waals surface area contributed by atoms with Crippen molar-refractivity contribution in [1.29, 1.82) is 0 Å². The maximum Gasteiger partial charge on any atom is 0.124 e. The second-order valence-corrected chi connectivity index (χ2v) is 4.97. The van der Waals surface area contributed by atoms with Crippen molar-refractivity contribution < 1.29 is 4.39 Å². The van der Waals surface area contributed by atoms with Crippen molar-refractivity contribution in [3.8, 4) is 0 Å². The lowest BCUT2D eigenvalue weighted by Gasteiger charge is -2.16. The first-order valence-corrected chi connectivity index (χ1v) is 6.62. The smallest absolute Gasteiger partial charge is 0.124 e. The topological polar surface area (TPSA) is 29.9 Å². The van der Waals surface area contributed by atoms with E-state index in [0.717, 1.165) is 23.1 Å². The number of rotatable bonds is 5. The Kier molecular flexibility index (Phi) is 4.49. The van der Waals surface area contributed by atoms with Crippen molar-refractivity contribution >= 4 is 15.9 Å². The molecule has 3 nitrogen and oxygen atoms in total. The van der Waals surface area contributed by atoms with Gasteiger partial charge in [-0.25, -0.2) is 4.39 Å². The van der Waals surface area contributed by atoms with Crippen LogP contribution in [0.15, 0.2) is 41.1 Å². The maximum absolute atomic E-state index is 13.0. The van der Waals surface area contributed by atoms with Crippen LogP contribution in [-0.4, -0.2) is 16.3 Å². The third-order valence-electron chi connectivity index (χ3n) is 2.78. The van der Waals surface area contributed by atoms with Gasteiger partial charge in [-0.05, 0) is 30.7 Å². The molecule has 1 unspecified atom stereocenters. The lowest BCUT2D eigenvalue weighted by atomic mass is 10.1. The maximum atomic E-state index is 13.0. The highest BCUT2D eigenvalue weighted by atomic mass is 79.9. The normalized spacial score (nSPS) is 12.6. The zero-order chi connectivity index (χ0) is 13.0. The highest BCUT2D eigenvalue weighted by molar-refractivity contribution is 9.10. The van der Waals surface area contributed by atoms with E-state index in [9.17, 15) is 4.39 Å². The van der Waals surface area contributed by atoms with Gasteiger partial charge in [0.2, 0.25) is 0 Å². The van der Waals surface area contributed by atoms with E-state index >= 15 is 0 Å². The molecule has 0 aliphatic heterocycles. The summed E-state index contributed by atoms with van der Waals surface area (Å²) in [5.74, 6) is -0.227. The van der Waals surface area contributed by atoms with Gasteiger partial charge in [0.25, 0.3) is 0 Å². The Bertz CT molecular complexity index is 499. The molecule has 1 N–H and O–H groups in total. The minimum absolute atomic E-state index is 0.163. The van der Waals surface area contributed by atoms with Crippen LogP contribution in [0.3, 0.4) is 0 Å². The number of hydrogen-bond donors (Lipinski definition) is 1. The van der Waals surface area contributed by atoms with Crippen LogP contribution in [0, 0.1) is 5.82 Å². The Balaban J connectivity index is 1.89. The van der Waals surface area contributed by atoms with E-state index in [4.69, 9.17) is 0 Å². The van der Waals surface area contributed by atoms with E-state index in [1.165, 1.54) is 12.1 Å². The van der Waals surface area contributed by atoms with Gasteiger partial charge in [0.05, 0.1) is 6.54 Å². The van der Waals surface area contributed by atoms with Gasteiger partial charge in [0, 0.05) is 29.5 Å². The summed E-state index contributed by atoms with van der Waals surface area (Å²) in [6.07, 6.45) is 3.69. The van der Waals surface area contributed by atoms with Crippen LogP contribution >= 0.6 is 15.9 Å². The Morgan fingerprint density at radius 2 is 2.33 bits per heavy atom. The van der Waals surface area contributed by atoms with Gasteiger partial charge in [-0.15, -0.1) is 0 Å². The lowest BCUT2D eigenvalue weighted by molar-refractivity contribution is 0.506. The van der Waals surface area contributed by atoms with E-state index < -0.39 is 0 Å². The molecule has 1 aromatic heterocycles. The number of aromatic nitrogens is 2. The molecule has 0 fully saturated rings. The van der Waals surface area contributed by atoms with Crippen LogP contribution in [0.4, 0.5) is 4.39 Å². The second-order valence-electron chi connectivity index (χ2n) is 4.11. The number of benzene rings is 1. The molecule has 0 saturated carbocycles. The van der Waals surface area contributed by atoms with Gasteiger partial charge < -0.3 is 5.32 Å². The third kappa shape index (κ3) is 3.40. The SMILES string of the molecule is CC(NCCn1cccn1)c1ccc(F)cc1Br. The van der Waals surface area contributed by atoms with E-state index in [-0.39, 0.29) is 11.9 Å². The van der Waals surface area contributed by atoms with Gasteiger partial charge in [0.15, 0.2) is 0 Å². The fraction of sp³-hybridized carbons (Fsp3) is 0.308. The molecule has 5 heteroatoms. The first kappa shape index (κ1) is 13.2. The molecule has 96 valence electrons. The minimum Gasteiger partial charge on any atom is -0.308 e. The summed E-state index contributed by atoms with van der Waals surface area (Å²) < 4.78 is 15.7. The molecule has 1 heterocycles. The number of nitrogens with one attached hydrogen (secondary N) is 1. The molecule has 0 aliphatic rings. The van der Waals surface area contributed by atoms with Crippen molar-refractivity contribution in [1.82, 2.24) is 15.1 Å². The van der Waals surface area contributed by atoms with Gasteiger partial charge >= 0.3 is 0 Å². The summed E-state index contributed by atoms with van der Waals surface area (Å²) in [5.41, 5.74) is 1.05. The quantitative estimate of drug-likeness (QED) is 0.919. The Hall–Kier alpha value is -1.20. The molecule has 0 spiro atoms. The molecule has 0 aliphatic carbocycles. The Labute approximate surface area is 114 Å². The average Bonchev–Trinajstić information content (AvgIpc) is 2.81. The van der Waals surface area contributed by atoms with Crippen LogP contribution in [0.25, 0.3) is 0 Å². The van der Waals surface area contributed by atoms with Gasteiger partial charge in [-0.2, -0.15) is 5.10 Å². The fourth-order valence-corrected chi connectivity index (χ4v) is 2.49.